The number of rotatable bonds is 2. The minimum atomic E-state index is -0.0792. The van der Waals surface area contributed by atoms with E-state index in [1.54, 1.807) is 12.1 Å². The fourth-order valence-electron chi connectivity index (χ4n) is 4.68. The highest BCUT2D eigenvalue weighted by molar-refractivity contribution is 6.30. The lowest BCUT2D eigenvalue weighted by Gasteiger charge is -2.42. The molecule has 0 aliphatic carbocycles. The third-order valence-electron chi connectivity index (χ3n) is 6.07. The molecule has 2 aliphatic heterocycles. The Labute approximate surface area is 179 Å². The summed E-state index contributed by atoms with van der Waals surface area (Å²) >= 11 is 5.99. The van der Waals surface area contributed by atoms with Gasteiger partial charge in [-0.15, -0.1) is 0 Å². The molecule has 0 unspecified atom stereocenters. The number of nitrogens with zero attached hydrogens (tertiary/aromatic N) is 2. The Balaban J connectivity index is 1.40. The number of urea groups is 1. The molecule has 152 valence electrons. The highest BCUT2D eigenvalue weighted by Gasteiger charge is 2.36. The molecule has 1 saturated heterocycles. The molecule has 1 N–H and O–H groups in total. The number of halogens is 1. The number of carbonyl (C=O) groups excluding carboxylic acids is 1. The Morgan fingerprint density at radius 3 is 2.47 bits per heavy atom. The average Bonchev–Trinajstić information content (AvgIpc) is 2.76. The van der Waals surface area contributed by atoms with Crippen molar-refractivity contribution in [2.24, 2.45) is 5.92 Å². The van der Waals surface area contributed by atoms with Crippen LogP contribution in [0, 0.1) is 5.92 Å². The van der Waals surface area contributed by atoms with Crippen molar-refractivity contribution in [2.45, 2.75) is 18.9 Å². The third kappa shape index (κ3) is 3.50. The van der Waals surface area contributed by atoms with Crippen LogP contribution in [-0.4, -0.2) is 28.6 Å². The van der Waals surface area contributed by atoms with E-state index in [2.05, 4.69) is 5.32 Å². The second-order valence-corrected chi connectivity index (χ2v) is 8.53. The molecule has 2 atom stereocenters. The van der Waals surface area contributed by atoms with Crippen molar-refractivity contribution in [1.82, 2.24) is 9.47 Å². The molecule has 0 saturated carbocycles. The van der Waals surface area contributed by atoms with Gasteiger partial charge in [-0.05, 0) is 54.3 Å². The standard InChI is InChI=1S/C24H22ClN3O2/c25-19-8-6-17(7-9-19)21-10-11-22-18-12-16(14-28(22)23(21)29)13-27(15-18)24(30)26-20-4-2-1-3-5-20/h1-11,16,18H,12-15H2,(H,26,30)/t16-,18-/m1/s1. The largest absolute Gasteiger partial charge is 0.324 e. The highest BCUT2D eigenvalue weighted by atomic mass is 35.5. The first-order chi connectivity index (χ1) is 14.6. The minimum Gasteiger partial charge on any atom is -0.324 e. The zero-order valence-corrected chi connectivity index (χ0v) is 17.2. The van der Waals surface area contributed by atoms with Crippen LogP contribution >= 0.6 is 11.6 Å². The van der Waals surface area contributed by atoms with Crippen LogP contribution in [0.4, 0.5) is 10.5 Å². The van der Waals surface area contributed by atoms with Gasteiger partial charge in [0.15, 0.2) is 0 Å². The number of likely N-dealkylation sites (tertiary alicyclic amines) is 1. The molecule has 3 heterocycles. The van der Waals surface area contributed by atoms with Gasteiger partial charge in [0.2, 0.25) is 0 Å². The predicted octanol–water partition coefficient (Wildman–Crippen LogP) is 4.82. The van der Waals surface area contributed by atoms with Crippen molar-refractivity contribution >= 4 is 23.3 Å². The van der Waals surface area contributed by atoms with E-state index in [0.29, 0.717) is 30.2 Å². The number of para-hydroxylation sites is 1. The Hall–Kier alpha value is -3.05. The third-order valence-corrected chi connectivity index (χ3v) is 6.32. The molecule has 5 nitrogen and oxygen atoms in total. The van der Waals surface area contributed by atoms with E-state index < -0.39 is 0 Å². The van der Waals surface area contributed by atoms with Crippen molar-refractivity contribution < 1.29 is 4.79 Å². The molecule has 2 aromatic carbocycles. The van der Waals surface area contributed by atoms with Crippen molar-refractivity contribution in [3.05, 3.63) is 87.8 Å². The molecule has 1 fully saturated rings. The van der Waals surface area contributed by atoms with Crippen molar-refractivity contribution in [3.8, 4) is 11.1 Å². The van der Waals surface area contributed by atoms with Gasteiger partial charge in [-0.2, -0.15) is 0 Å². The van der Waals surface area contributed by atoms with E-state index in [1.165, 1.54) is 0 Å². The number of anilines is 1. The number of pyridine rings is 1. The number of piperidine rings is 1. The first-order valence-corrected chi connectivity index (χ1v) is 10.6. The number of carbonyl (C=O) groups is 1. The number of nitrogens with one attached hydrogen (secondary N) is 1. The van der Waals surface area contributed by atoms with E-state index in [1.807, 2.05) is 64.1 Å². The van der Waals surface area contributed by atoms with Gasteiger partial charge in [-0.25, -0.2) is 4.79 Å². The molecule has 2 amide bonds. The van der Waals surface area contributed by atoms with Gasteiger partial charge in [0.1, 0.15) is 0 Å². The van der Waals surface area contributed by atoms with Crippen LogP contribution in [0.25, 0.3) is 11.1 Å². The Morgan fingerprint density at radius 1 is 0.933 bits per heavy atom. The number of hydrogen-bond acceptors (Lipinski definition) is 2. The molecule has 3 aromatic rings. The van der Waals surface area contributed by atoms with Crippen LogP contribution in [0.3, 0.4) is 0 Å². The summed E-state index contributed by atoms with van der Waals surface area (Å²) in [6.45, 7) is 1.92. The highest BCUT2D eigenvalue weighted by Crippen LogP contribution is 2.36. The Morgan fingerprint density at radius 2 is 1.70 bits per heavy atom. The molecule has 0 spiro atoms. The Kier molecular flexibility index (Phi) is 4.83. The molecule has 30 heavy (non-hydrogen) atoms. The van der Waals surface area contributed by atoms with Gasteiger partial charge >= 0.3 is 6.03 Å². The molecule has 1 aromatic heterocycles. The summed E-state index contributed by atoms with van der Waals surface area (Å²) in [4.78, 5) is 27.9. The number of hydrogen-bond donors (Lipinski definition) is 1. The van der Waals surface area contributed by atoms with Crippen LogP contribution < -0.4 is 10.9 Å². The number of amides is 2. The second-order valence-electron chi connectivity index (χ2n) is 8.09. The van der Waals surface area contributed by atoms with E-state index >= 15 is 0 Å². The lowest BCUT2D eigenvalue weighted by Crippen LogP contribution is -2.50. The van der Waals surface area contributed by atoms with Crippen LogP contribution in [-0.2, 0) is 6.54 Å². The van der Waals surface area contributed by atoms with E-state index in [0.717, 1.165) is 23.4 Å². The fourth-order valence-corrected chi connectivity index (χ4v) is 4.81. The van der Waals surface area contributed by atoms with E-state index in [4.69, 9.17) is 11.6 Å². The summed E-state index contributed by atoms with van der Waals surface area (Å²) in [5.74, 6) is 0.446. The quantitative estimate of drug-likeness (QED) is 0.647. The molecular formula is C24H22ClN3O2. The zero-order chi connectivity index (χ0) is 20.7. The van der Waals surface area contributed by atoms with E-state index in [-0.39, 0.29) is 23.4 Å². The van der Waals surface area contributed by atoms with Crippen molar-refractivity contribution in [1.29, 1.82) is 0 Å². The van der Waals surface area contributed by atoms with E-state index in [9.17, 15) is 9.59 Å². The summed E-state index contributed by atoms with van der Waals surface area (Å²) in [5.41, 5.74) is 3.41. The SMILES string of the molecule is O=C(Nc1ccccc1)N1C[C@H]2C[C@H](C1)c1ccc(-c3ccc(Cl)cc3)c(=O)n1C2. The summed E-state index contributed by atoms with van der Waals surface area (Å²) in [6.07, 6.45) is 1.01. The number of fused-ring (bicyclic) bond motifs is 4. The van der Waals surface area contributed by atoms with Crippen LogP contribution in [0.2, 0.25) is 5.02 Å². The zero-order valence-electron chi connectivity index (χ0n) is 16.4. The second kappa shape index (κ2) is 7.65. The van der Waals surface area contributed by atoms with Gasteiger partial charge in [0.25, 0.3) is 5.56 Å². The van der Waals surface area contributed by atoms with Gasteiger partial charge in [0, 0.05) is 47.5 Å². The van der Waals surface area contributed by atoms with Crippen LogP contribution in [0.15, 0.2) is 71.5 Å². The first-order valence-electron chi connectivity index (χ1n) is 10.2. The number of aromatic nitrogens is 1. The number of benzene rings is 2. The summed E-state index contributed by atoms with van der Waals surface area (Å²) in [6, 6.07) is 20.7. The maximum absolute atomic E-state index is 13.2. The predicted molar refractivity (Wildman–Crippen MR) is 119 cm³/mol. The summed E-state index contributed by atoms with van der Waals surface area (Å²) in [7, 11) is 0. The molecule has 5 rings (SSSR count). The van der Waals surface area contributed by atoms with Crippen molar-refractivity contribution in [2.75, 3.05) is 18.4 Å². The summed E-state index contributed by atoms with van der Waals surface area (Å²) in [5, 5.41) is 3.63. The lowest BCUT2D eigenvalue weighted by molar-refractivity contribution is 0.139. The van der Waals surface area contributed by atoms with Gasteiger partial charge in [-0.1, -0.05) is 41.9 Å². The Bertz CT molecular complexity index is 1140. The monoisotopic (exact) mass is 419 g/mol. The van der Waals surface area contributed by atoms with Gasteiger partial charge < -0.3 is 14.8 Å². The van der Waals surface area contributed by atoms with Crippen LogP contribution in [0.5, 0.6) is 0 Å². The fraction of sp³-hybridized carbons (Fsp3) is 0.250. The topological polar surface area (TPSA) is 54.3 Å². The average molecular weight is 420 g/mol. The lowest BCUT2D eigenvalue weighted by atomic mass is 9.83. The van der Waals surface area contributed by atoms with Crippen molar-refractivity contribution in [3.63, 3.8) is 0 Å². The molecule has 2 bridgehead atoms. The van der Waals surface area contributed by atoms with Gasteiger partial charge in [-0.3, -0.25) is 4.79 Å². The normalized spacial score (nSPS) is 19.8. The minimum absolute atomic E-state index is 0.0340. The molecular weight excluding hydrogens is 398 g/mol. The van der Waals surface area contributed by atoms with Gasteiger partial charge in [0.05, 0.1) is 0 Å². The molecule has 6 heteroatoms. The molecule has 2 aliphatic rings. The maximum atomic E-state index is 13.2. The maximum Gasteiger partial charge on any atom is 0.321 e. The van der Waals surface area contributed by atoms with Crippen LogP contribution in [0.1, 0.15) is 18.0 Å². The molecule has 0 radical (unpaired) electrons. The first kappa shape index (κ1) is 18.9. The smallest absolute Gasteiger partial charge is 0.321 e. The summed E-state index contributed by atoms with van der Waals surface area (Å²) < 4.78 is 1.91.